The van der Waals surface area contributed by atoms with Crippen molar-refractivity contribution in [1.82, 2.24) is 16.0 Å². The molecule has 0 aromatic heterocycles. The van der Waals surface area contributed by atoms with Gasteiger partial charge in [-0.15, -0.1) is 0 Å². The van der Waals surface area contributed by atoms with Crippen molar-refractivity contribution in [2.75, 3.05) is 33.0 Å². The molecule has 0 aliphatic carbocycles. The SMILES string of the molecule is CC(=O)N[C@@H]1[C@@H](OP(=O)(O)OC[C@H]2O[C@H](OP(=O)(O)OC[C@H]3O[C@H](OCCN)[C@@H](NC(C)=O)[C@@H](OC(C)=O)[C@@H]3OC(C)=O)[C@@H](NC(C)=O)[C@@H](OC(C)=O)[C@@H]2OC(C)=O)O[C@H](COP(=O)(O)O)[C@@H](OC(C)=O)[C@@H]1OC(C)=O. The highest BCUT2D eigenvalue weighted by Gasteiger charge is 2.57. The lowest BCUT2D eigenvalue weighted by atomic mass is 9.96. The molecule has 3 heterocycles. The van der Waals surface area contributed by atoms with Crippen LogP contribution in [0.1, 0.15) is 62.3 Å². The van der Waals surface area contributed by atoms with Crippen molar-refractivity contribution in [3.8, 4) is 0 Å². The van der Waals surface area contributed by atoms with Crippen molar-refractivity contribution in [2.24, 2.45) is 5.73 Å². The average molecular weight is 1160 g/mol. The van der Waals surface area contributed by atoms with Gasteiger partial charge in [-0.3, -0.25) is 65.8 Å². The molecule has 0 saturated carbocycles. The van der Waals surface area contributed by atoms with Crippen LogP contribution in [0.2, 0.25) is 0 Å². The van der Waals surface area contributed by atoms with E-state index in [4.69, 9.17) is 71.2 Å². The monoisotopic (exact) mass is 1160 g/mol. The third-order valence-corrected chi connectivity index (χ3v) is 12.3. The van der Waals surface area contributed by atoms with Crippen LogP contribution in [0.15, 0.2) is 0 Å². The van der Waals surface area contributed by atoms with Crippen LogP contribution in [-0.4, -0.2) is 198 Å². The number of carbonyl (C=O) groups excluding carboxylic acids is 9. The number of rotatable bonds is 25. The van der Waals surface area contributed by atoms with E-state index in [1.807, 2.05) is 0 Å². The summed E-state index contributed by atoms with van der Waals surface area (Å²) < 4.78 is 120. The summed E-state index contributed by atoms with van der Waals surface area (Å²) in [5.41, 5.74) is 5.58. The fraction of sp³-hybridized carbons (Fsp3) is 0.763. The van der Waals surface area contributed by atoms with Gasteiger partial charge in [0.05, 0.1) is 26.4 Å². The molecule has 0 radical (unpaired) electrons. The molecular weight excluding hydrogens is 1100 g/mol. The fourth-order valence-electron chi connectivity index (χ4n) is 7.61. The Morgan fingerprint density at radius 2 is 0.697 bits per heavy atom. The van der Waals surface area contributed by atoms with Crippen LogP contribution in [0, 0.1) is 0 Å². The number of nitrogens with two attached hydrogens (primary N) is 1. The maximum absolute atomic E-state index is 13.9. The Kier molecular flexibility index (Phi) is 24.9. The summed E-state index contributed by atoms with van der Waals surface area (Å²) in [4.78, 5) is 153. The molecule has 35 nitrogen and oxygen atoms in total. The molecule has 2 unspecified atom stereocenters. The zero-order chi connectivity index (χ0) is 57.6. The first-order valence-electron chi connectivity index (χ1n) is 22.3. The lowest BCUT2D eigenvalue weighted by molar-refractivity contribution is -0.277. The van der Waals surface area contributed by atoms with E-state index in [0.29, 0.717) is 0 Å². The zero-order valence-corrected chi connectivity index (χ0v) is 44.6. The second kappa shape index (κ2) is 28.8. The predicted molar refractivity (Wildman–Crippen MR) is 239 cm³/mol. The standard InChI is InChI=1S/C38H61N4O31P3/c1-15(43)40-27-33(66-21(7)49)31(64-19(5)47)25(69-36(27)59-11-10-39)13-61-75(55,56)73-38-29(42-17(3)45)35(68-23(9)51)32(65-20(6)48)26(71-38)14-62-76(57,58)72-37-28(41-16(2)44)34(67-22(8)50)30(63-18(4)46)24(70-37)12-60-74(52,53)54/h24-38H,10-14,39H2,1-9H3,(H,40,43)(H,41,44)(H,42,45)(H,55,56)(H,57,58)(H2,52,53,54)/t24-,25-,26-,27+,28+,29+,30-,31-,32-,33-,34-,35-,36+,37-,38-/m1/s1. The molecule has 434 valence electrons. The number of phosphoric ester groups is 3. The van der Waals surface area contributed by atoms with Gasteiger partial charge in [0.25, 0.3) is 0 Å². The Bertz CT molecular complexity index is 2250. The summed E-state index contributed by atoms with van der Waals surface area (Å²) in [6.07, 6.45) is -23.1. The third kappa shape index (κ3) is 21.3. The number of phosphoric acid groups is 3. The molecule has 3 aliphatic heterocycles. The van der Waals surface area contributed by atoms with Crippen molar-refractivity contribution < 1.29 is 146 Å². The van der Waals surface area contributed by atoms with Gasteiger partial charge in [-0.2, -0.15) is 0 Å². The molecule has 0 spiro atoms. The summed E-state index contributed by atoms with van der Waals surface area (Å²) in [6.45, 7) is 4.28. The highest BCUT2D eigenvalue weighted by atomic mass is 31.2. The zero-order valence-electron chi connectivity index (χ0n) is 41.9. The van der Waals surface area contributed by atoms with Gasteiger partial charge in [-0.25, -0.2) is 13.7 Å². The average Bonchev–Trinajstić information content (AvgIpc) is 3.25. The van der Waals surface area contributed by atoms with E-state index >= 15 is 0 Å². The minimum atomic E-state index is -5.79. The summed E-state index contributed by atoms with van der Waals surface area (Å²) in [7, 11) is -16.8. The number of amides is 3. The van der Waals surface area contributed by atoms with Crippen molar-refractivity contribution in [2.45, 2.75) is 154 Å². The summed E-state index contributed by atoms with van der Waals surface area (Å²) in [5, 5.41) is 6.94. The first kappa shape index (κ1) is 65.6. The van der Waals surface area contributed by atoms with Crippen LogP contribution < -0.4 is 21.7 Å². The van der Waals surface area contributed by atoms with Crippen LogP contribution in [0.5, 0.6) is 0 Å². The Morgan fingerprint density at radius 3 is 0.961 bits per heavy atom. The topological polar surface area (TPSA) is 486 Å². The van der Waals surface area contributed by atoms with Crippen LogP contribution in [0.25, 0.3) is 0 Å². The van der Waals surface area contributed by atoms with Crippen LogP contribution in [-0.2, 0) is 127 Å². The molecule has 0 aromatic carbocycles. The second-order valence-corrected chi connectivity index (χ2v) is 20.5. The number of esters is 6. The third-order valence-electron chi connectivity index (χ3n) is 9.95. The van der Waals surface area contributed by atoms with E-state index in [0.717, 1.165) is 62.3 Å². The fourth-order valence-corrected chi connectivity index (χ4v) is 9.63. The normalized spacial score (nSPS) is 31.1. The molecule has 3 saturated heterocycles. The maximum atomic E-state index is 13.9. The highest BCUT2D eigenvalue weighted by Crippen LogP contribution is 2.50. The van der Waals surface area contributed by atoms with E-state index in [1.165, 1.54) is 0 Å². The Hall–Kier alpha value is -4.64. The minimum absolute atomic E-state index is 0.108. The summed E-state index contributed by atoms with van der Waals surface area (Å²) in [6, 6.07) is -5.25. The molecule has 38 heteroatoms. The minimum Gasteiger partial charge on any atom is -0.456 e. The lowest BCUT2D eigenvalue weighted by Crippen LogP contribution is -2.67. The Labute approximate surface area is 431 Å². The quantitative estimate of drug-likeness (QED) is 0.0251. The summed E-state index contributed by atoms with van der Waals surface area (Å²) in [5.74, 6) is -9.06. The largest absolute Gasteiger partial charge is 0.474 e. The van der Waals surface area contributed by atoms with Crippen LogP contribution >= 0.6 is 23.5 Å². The van der Waals surface area contributed by atoms with Gasteiger partial charge in [0.1, 0.15) is 36.4 Å². The number of nitrogens with one attached hydrogen (secondary N) is 3. The predicted octanol–water partition coefficient (Wildman–Crippen LogP) is -3.38. The Morgan fingerprint density at radius 1 is 0.434 bits per heavy atom. The lowest BCUT2D eigenvalue weighted by Gasteiger charge is -2.46. The van der Waals surface area contributed by atoms with Gasteiger partial charge < -0.3 is 88.6 Å². The molecular formula is C38H61N4O31P3. The first-order valence-corrected chi connectivity index (χ1v) is 26.8. The molecule has 17 atom stereocenters. The van der Waals surface area contributed by atoms with E-state index in [-0.39, 0.29) is 13.2 Å². The maximum Gasteiger partial charge on any atom is 0.474 e. The van der Waals surface area contributed by atoms with E-state index in [9.17, 15) is 76.4 Å². The van der Waals surface area contributed by atoms with Gasteiger partial charge >= 0.3 is 59.3 Å². The molecule has 0 aromatic rings. The molecule has 3 fully saturated rings. The number of hydrogen-bond donors (Lipinski definition) is 8. The van der Waals surface area contributed by atoms with Gasteiger partial charge in [0, 0.05) is 68.9 Å². The number of carbonyl (C=O) groups is 9. The van der Waals surface area contributed by atoms with Gasteiger partial charge in [-0.05, 0) is 0 Å². The number of hydrogen-bond acceptors (Lipinski definition) is 28. The van der Waals surface area contributed by atoms with Gasteiger partial charge in [0.2, 0.25) is 17.7 Å². The summed E-state index contributed by atoms with van der Waals surface area (Å²) >= 11 is 0. The van der Waals surface area contributed by atoms with Crippen molar-refractivity contribution in [3.05, 3.63) is 0 Å². The van der Waals surface area contributed by atoms with E-state index < -0.39 is 189 Å². The van der Waals surface area contributed by atoms with Crippen molar-refractivity contribution in [1.29, 1.82) is 0 Å². The second-order valence-electron chi connectivity index (χ2n) is 16.4. The molecule has 3 aliphatic rings. The highest BCUT2D eigenvalue weighted by molar-refractivity contribution is 7.47. The number of ether oxygens (including phenoxy) is 10. The first-order chi connectivity index (χ1) is 35.1. The van der Waals surface area contributed by atoms with Gasteiger partial charge in [0.15, 0.2) is 55.5 Å². The van der Waals surface area contributed by atoms with Gasteiger partial charge in [-0.1, -0.05) is 0 Å². The smallest absolute Gasteiger partial charge is 0.456 e. The molecule has 0 bridgehead atoms. The van der Waals surface area contributed by atoms with Crippen molar-refractivity contribution in [3.63, 3.8) is 0 Å². The van der Waals surface area contributed by atoms with Crippen LogP contribution in [0.3, 0.4) is 0 Å². The Balaban J connectivity index is 2.07. The molecule has 3 rings (SSSR count). The molecule has 3 amide bonds. The molecule has 76 heavy (non-hydrogen) atoms. The van der Waals surface area contributed by atoms with E-state index in [2.05, 4.69) is 20.5 Å². The molecule has 9 N–H and O–H groups in total. The van der Waals surface area contributed by atoms with E-state index in [1.54, 1.807) is 0 Å². The van der Waals surface area contributed by atoms with Crippen LogP contribution in [0.4, 0.5) is 0 Å². The van der Waals surface area contributed by atoms with Crippen molar-refractivity contribution >= 4 is 77.0 Å².